The van der Waals surface area contributed by atoms with E-state index in [0.717, 1.165) is 16.8 Å². The quantitative estimate of drug-likeness (QED) is 0.882. The van der Waals surface area contributed by atoms with Crippen molar-refractivity contribution in [3.8, 4) is 0 Å². The summed E-state index contributed by atoms with van der Waals surface area (Å²) in [7, 11) is 1.80. The van der Waals surface area contributed by atoms with Crippen molar-refractivity contribution in [3.63, 3.8) is 0 Å². The Labute approximate surface area is 106 Å². The molecule has 1 N–H and O–H groups in total. The Morgan fingerprint density at radius 1 is 1.44 bits per heavy atom. The minimum atomic E-state index is 0.0728. The third kappa shape index (κ3) is 2.94. The molecule has 0 unspecified atom stereocenters. The average molecular weight is 244 g/mol. The SMILES string of the molecule is Cc1[nH]ncc1CN(C)C(=O)Cc1cccnc1. The van der Waals surface area contributed by atoms with Gasteiger partial charge in [-0.1, -0.05) is 6.07 Å². The summed E-state index contributed by atoms with van der Waals surface area (Å²) < 4.78 is 0. The van der Waals surface area contributed by atoms with E-state index in [9.17, 15) is 4.79 Å². The van der Waals surface area contributed by atoms with Crippen LogP contribution in [0.5, 0.6) is 0 Å². The minimum absolute atomic E-state index is 0.0728. The number of hydrogen-bond acceptors (Lipinski definition) is 3. The number of amides is 1. The molecule has 5 heteroatoms. The first-order valence-electron chi connectivity index (χ1n) is 5.78. The van der Waals surface area contributed by atoms with E-state index in [-0.39, 0.29) is 5.91 Å². The van der Waals surface area contributed by atoms with Crippen molar-refractivity contribution in [1.29, 1.82) is 0 Å². The third-order valence-electron chi connectivity index (χ3n) is 2.85. The Kier molecular flexibility index (Phi) is 3.72. The van der Waals surface area contributed by atoms with E-state index in [1.807, 2.05) is 19.1 Å². The number of hydrogen-bond donors (Lipinski definition) is 1. The number of nitrogens with zero attached hydrogens (tertiary/aromatic N) is 3. The smallest absolute Gasteiger partial charge is 0.227 e. The van der Waals surface area contributed by atoms with Crippen molar-refractivity contribution in [3.05, 3.63) is 47.5 Å². The maximum absolute atomic E-state index is 12.0. The number of aryl methyl sites for hydroxylation is 1. The van der Waals surface area contributed by atoms with Gasteiger partial charge < -0.3 is 4.90 Å². The second-order valence-corrected chi connectivity index (χ2v) is 4.31. The van der Waals surface area contributed by atoms with Gasteiger partial charge in [0, 0.05) is 37.2 Å². The van der Waals surface area contributed by atoms with Gasteiger partial charge in [0.1, 0.15) is 0 Å². The van der Waals surface area contributed by atoms with E-state index in [2.05, 4.69) is 15.2 Å². The van der Waals surface area contributed by atoms with Gasteiger partial charge in [-0.2, -0.15) is 5.10 Å². The first-order valence-corrected chi connectivity index (χ1v) is 5.78. The summed E-state index contributed by atoms with van der Waals surface area (Å²) in [5, 5.41) is 6.81. The molecular formula is C13H16N4O. The predicted molar refractivity (Wildman–Crippen MR) is 67.7 cm³/mol. The molecule has 2 rings (SSSR count). The largest absolute Gasteiger partial charge is 0.341 e. The second kappa shape index (κ2) is 5.44. The number of likely N-dealkylation sites (N-methyl/N-ethyl adjacent to an activating group) is 1. The van der Waals surface area contributed by atoms with Crippen LogP contribution in [0, 0.1) is 6.92 Å². The van der Waals surface area contributed by atoms with Crippen molar-refractivity contribution >= 4 is 5.91 Å². The van der Waals surface area contributed by atoms with Crippen LogP contribution in [0.25, 0.3) is 0 Å². The lowest BCUT2D eigenvalue weighted by Gasteiger charge is -2.16. The molecule has 2 aromatic heterocycles. The molecule has 0 bridgehead atoms. The summed E-state index contributed by atoms with van der Waals surface area (Å²) in [5.41, 5.74) is 2.96. The summed E-state index contributed by atoms with van der Waals surface area (Å²) in [5.74, 6) is 0.0728. The zero-order chi connectivity index (χ0) is 13.0. The van der Waals surface area contributed by atoms with E-state index in [1.54, 1.807) is 30.5 Å². The molecule has 94 valence electrons. The third-order valence-corrected chi connectivity index (χ3v) is 2.85. The second-order valence-electron chi connectivity index (χ2n) is 4.31. The molecule has 0 saturated heterocycles. The molecular weight excluding hydrogens is 228 g/mol. The maximum Gasteiger partial charge on any atom is 0.227 e. The number of nitrogens with one attached hydrogen (secondary N) is 1. The van der Waals surface area contributed by atoms with Gasteiger partial charge >= 0.3 is 0 Å². The fraction of sp³-hybridized carbons (Fsp3) is 0.308. The summed E-state index contributed by atoms with van der Waals surface area (Å²) in [6, 6.07) is 3.74. The minimum Gasteiger partial charge on any atom is -0.341 e. The zero-order valence-corrected chi connectivity index (χ0v) is 10.6. The molecule has 0 aliphatic carbocycles. The fourth-order valence-electron chi connectivity index (χ4n) is 1.69. The van der Waals surface area contributed by atoms with Gasteiger partial charge in [-0.25, -0.2) is 0 Å². The van der Waals surface area contributed by atoms with Crippen molar-refractivity contribution in [2.24, 2.45) is 0 Å². The molecule has 5 nitrogen and oxygen atoms in total. The Morgan fingerprint density at radius 2 is 2.28 bits per heavy atom. The van der Waals surface area contributed by atoms with E-state index < -0.39 is 0 Å². The van der Waals surface area contributed by atoms with E-state index in [4.69, 9.17) is 0 Å². The van der Waals surface area contributed by atoms with Gasteiger partial charge in [0.25, 0.3) is 0 Å². The Bertz CT molecular complexity index is 521. The first kappa shape index (κ1) is 12.3. The monoisotopic (exact) mass is 244 g/mol. The van der Waals surface area contributed by atoms with Gasteiger partial charge in [0.05, 0.1) is 12.6 Å². The highest BCUT2D eigenvalue weighted by Gasteiger charge is 2.12. The van der Waals surface area contributed by atoms with Crippen LogP contribution in [0.4, 0.5) is 0 Å². The average Bonchev–Trinajstić information content (AvgIpc) is 2.76. The standard InChI is InChI=1S/C13H16N4O/c1-10-12(8-15-16-10)9-17(2)13(18)6-11-4-3-5-14-7-11/h3-5,7-8H,6,9H2,1-2H3,(H,15,16). The number of pyridine rings is 1. The molecule has 0 fully saturated rings. The Hall–Kier alpha value is -2.17. The van der Waals surface area contributed by atoms with Crippen molar-refractivity contribution in [2.75, 3.05) is 7.05 Å². The molecule has 0 aliphatic rings. The maximum atomic E-state index is 12.0. The van der Waals surface area contributed by atoms with Crippen LogP contribution >= 0.6 is 0 Å². The molecule has 0 aromatic carbocycles. The number of H-pyrrole nitrogens is 1. The van der Waals surface area contributed by atoms with Crippen LogP contribution in [-0.2, 0) is 17.8 Å². The summed E-state index contributed by atoms with van der Waals surface area (Å²) in [6.07, 6.45) is 5.55. The number of aromatic amines is 1. The number of carbonyl (C=O) groups is 1. The van der Waals surface area contributed by atoms with Crippen molar-refractivity contribution in [1.82, 2.24) is 20.1 Å². The van der Waals surface area contributed by atoms with Crippen molar-refractivity contribution in [2.45, 2.75) is 19.9 Å². The molecule has 18 heavy (non-hydrogen) atoms. The van der Waals surface area contributed by atoms with Crippen LogP contribution in [-0.4, -0.2) is 33.0 Å². The van der Waals surface area contributed by atoms with Crippen LogP contribution < -0.4 is 0 Å². The summed E-state index contributed by atoms with van der Waals surface area (Å²) >= 11 is 0. The lowest BCUT2D eigenvalue weighted by molar-refractivity contribution is -0.129. The molecule has 2 heterocycles. The number of rotatable bonds is 4. The summed E-state index contributed by atoms with van der Waals surface area (Å²) in [4.78, 5) is 17.7. The van der Waals surface area contributed by atoms with Gasteiger partial charge in [-0.15, -0.1) is 0 Å². The van der Waals surface area contributed by atoms with E-state index in [0.29, 0.717) is 13.0 Å². The normalized spacial score (nSPS) is 10.3. The topological polar surface area (TPSA) is 61.9 Å². The molecule has 0 spiro atoms. The van der Waals surface area contributed by atoms with Crippen LogP contribution in [0.15, 0.2) is 30.7 Å². The van der Waals surface area contributed by atoms with Crippen LogP contribution in [0.3, 0.4) is 0 Å². The molecule has 0 atom stereocenters. The molecule has 0 radical (unpaired) electrons. The summed E-state index contributed by atoms with van der Waals surface area (Å²) in [6.45, 7) is 2.52. The van der Waals surface area contributed by atoms with Gasteiger partial charge in [-0.3, -0.25) is 14.9 Å². The van der Waals surface area contributed by atoms with Gasteiger partial charge in [0.15, 0.2) is 0 Å². The number of aromatic nitrogens is 3. The molecule has 0 saturated carbocycles. The van der Waals surface area contributed by atoms with Crippen LogP contribution in [0.1, 0.15) is 16.8 Å². The van der Waals surface area contributed by atoms with Crippen molar-refractivity contribution < 1.29 is 4.79 Å². The fourth-order valence-corrected chi connectivity index (χ4v) is 1.69. The Morgan fingerprint density at radius 3 is 2.89 bits per heavy atom. The predicted octanol–water partition coefficient (Wildman–Crippen LogP) is 1.31. The van der Waals surface area contributed by atoms with E-state index in [1.165, 1.54) is 0 Å². The Balaban J connectivity index is 1.95. The lowest BCUT2D eigenvalue weighted by atomic mass is 10.2. The highest BCUT2D eigenvalue weighted by atomic mass is 16.2. The number of carbonyl (C=O) groups excluding carboxylic acids is 1. The molecule has 0 aliphatic heterocycles. The van der Waals surface area contributed by atoms with E-state index >= 15 is 0 Å². The highest BCUT2D eigenvalue weighted by Crippen LogP contribution is 2.07. The van der Waals surface area contributed by atoms with Gasteiger partial charge in [-0.05, 0) is 18.6 Å². The first-order chi connectivity index (χ1) is 8.66. The van der Waals surface area contributed by atoms with Crippen LogP contribution in [0.2, 0.25) is 0 Å². The molecule has 2 aromatic rings. The zero-order valence-electron chi connectivity index (χ0n) is 10.6. The highest BCUT2D eigenvalue weighted by molar-refractivity contribution is 5.78. The van der Waals surface area contributed by atoms with Gasteiger partial charge in [0.2, 0.25) is 5.91 Å². The lowest BCUT2D eigenvalue weighted by Crippen LogP contribution is -2.27. The molecule has 1 amide bonds.